The van der Waals surface area contributed by atoms with Crippen LogP contribution in [0.4, 0.5) is 13.2 Å². The molecule has 0 aliphatic rings. The fourth-order valence-electron chi connectivity index (χ4n) is 2.96. The molecule has 0 atom stereocenters. The van der Waals surface area contributed by atoms with E-state index in [1.807, 2.05) is 12.1 Å². The Labute approximate surface area is 184 Å². The largest absolute Gasteiger partial charge is 0.497 e. The van der Waals surface area contributed by atoms with Gasteiger partial charge in [-0.15, -0.1) is 11.3 Å². The Morgan fingerprint density at radius 1 is 1.06 bits per heavy atom. The molecule has 3 aromatic heterocycles. The molecule has 4 rings (SSSR count). The molecule has 0 N–H and O–H groups in total. The van der Waals surface area contributed by atoms with E-state index in [2.05, 4.69) is 20.1 Å². The van der Waals surface area contributed by atoms with Crippen LogP contribution in [0.1, 0.15) is 22.7 Å². The van der Waals surface area contributed by atoms with Gasteiger partial charge in [0.25, 0.3) is 0 Å². The number of aromatic nitrogens is 4. The zero-order valence-electron chi connectivity index (χ0n) is 17.2. The topological polar surface area (TPSA) is 83.2 Å². The van der Waals surface area contributed by atoms with Crippen LogP contribution < -0.4 is 9.47 Å². The van der Waals surface area contributed by atoms with Gasteiger partial charge in [0.1, 0.15) is 18.1 Å². The van der Waals surface area contributed by atoms with Crippen LogP contribution in [-0.4, -0.2) is 27.2 Å². The predicted octanol–water partition coefficient (Wildman–Crippen LogP) is 5.48. The molecule has 0 fully saturated rings. The van der Waals surface area contributed by atoms with E-state index in [1.165, 1.54) is 0 Å². The summed E-state index contributed by atoms with van der Waals surface area (Å²) < 4.78 is 55.2. The average Bonchev–Trinajstić information content (AvgIpc) is 3.39. The highest BCUT2D eigenvalue weighted by molar-refractivity contribution is 7.13. The van der Waals surface area contributed by atoms with Gasteiger partial charge in [-0.1, -0.05) is 17.3 Å². The molecule has 7 nitrogen and oxygen atoms in total. The Kier molecular flexibility index (Phi) is 5.83. The SMILES string of the molecule is COc1ccc(COc2cc(-c3c(C)noc3C)nc(-c3nc(C(F)(F)F)cs3)n2)cc1. The summed E-state index contributed by atoms with van der Waals surface area (Å²) >= 11 is 0.807. The molecule has 0 radical (unpaired) electrons. The summed E-state index contributed by atoms with van der Waals surface area (Å²) in [6, 6.07) is 8.87. The molecule has 11 heteroatoms. The molecule has 4 aromatic rings. The fraction of sp³-hybridized carbons (Fsp3) is 0.238. The number of halogens is 3. The minimum atomic E-state index is -4.55. The van der Waals surface area contributed by atoms with E-state index in [-0.39, 0.29) is 23.3 Å². The first kappa shape index (κ1) is 21.8. The van der Waals surface area contributed by atoms with Crippen molar-refractivity contribution in [2.75, 3.05) is 7.11 Å². The predicted molar refractivity (Wildman–Crippen MR) is 110 cm³/mol. The molecule has 1 aromatic carbocycles. The second-order valence-electron chi connectivity index (χ2n) is 6.79. The van der Waals surface area contributed by atoms with Crippen molar-refractivity contribution in [3.8, 4) is 33.7 Å². The van der Waals surface area contributed by atoms with E-state index in [1.54, 1.807) is 39.2 Å². The summed E-state index contributed by atoms with van der Waals surface area (Å²) in [5.41, 5.74) is 1.49. The Bertz CT molecular complexity index is 1220. The first-order chi connectivity index (χ1) is 15.2. The first-order valence-electron chi connectivity index (χ1n) is 9.35. The number of alkyl halides is 3. The summed E-state index contributed by atoms with van der Waals surface area (Å²) in [5, 5.41) is 4.88. The zero-order valence-corrected chi connectivity index (χ0v) is 18.0. The number of rotatable bonds is 6. The van der Waals surface area contributed by atoms with Gasteiger partial charge in [-0.3, -0.25) is 0 Å². The lowest BCUT2D eigenvalue weighted by Gasteiger charge is -2.09. The quantitative estimate of drug-likeness (QED) is 0.375. The van der Waals surface area contributed by atoms with Crippen molar-refractivity contribution in [1.82, 2.24) is 20.1 Å². The van der Waals surface area contributed by atoms with Crippen LogP contribution in [0, 0.1) is 13.8 Å². The van der Waals surface area contributed by atoms with E-state index < -0.39 is 11.9 Å². The molecular weight excluding hydrogens is 445 g/mol. The van der Waals surface area contributed by atoms with Gasteiger partial charge < -0.3 is 14.0 Å². The van der Waals surface area contributed by atoms with Gasteiger partial charge >= 0.3 is 6.18 Å². The lowest BCUT2D eigenvalue weighted by Crippen LogP contribution is -2.05. The van der Waals surface area contributed by atoms with Crippen molar-refractivity contribution < 1.29 is 27.2 Å². The molecule has 166 valence electrons. The van der Waals surface area contributed by atoms with Crippen molar-refractivity contribution in [1.29, 1.82) is 0 Å². The smallest absolute Gasteiger partial charge is 0.434 e. The van der Waals surface area contributed by atoms with Gasteiger partial charge in [-0.2, -0.15) is 18.2 Å². The third kappa shape index (κ3) is 4.57. The van der Waals surface area contributed by atoms with Crippen molar-refractivity contribution in [2.45, 2.75) is 26.6 Å². The van der Waals surface area contributed by atoms with E-state index in [4.69, 9.17) is 14.0 Å². The number of benzene rings is 1. The van der Waals surface area contributed by atoms with E-state index in [9.17, 15) is 13.2 Å². The van der Waals surface area contributed by atoms with E-state index >= 15 is 0 Å². The van der Waals surface area contributed by atoms with Crippen LogP contribution in [0.3, 0.4) is 0 Å². The normalized spacial score (nSPS) is 11.6. The molecule has 0 spiro atoms. The van der Waals surface area contributed by atoms with Crippen molar-refractivity contribution in [3.05, 3.63) is 58.4 Å². The van der Waals surface area contributed by atoms with Crippen LogP contribution in [0.25, 0.3) is 22.1 Å². The van der Waals surface area contributed by atoms with E-state index in [0.717, 1.165) is 22.3 Å². The van der Waals surface area contributed by atoms with Crippen molar-refractivity contribution in [2.24, 2.45) is 0 Å². The van der Waals surface area contributed by atoms with Crippen LogP contribution in [-0.2, 0) is 12.8 Å². The molecule has 3 heterocycles. The maximum Gasteiger partial charge on any atom is 0.434 e. The minimum absolute atomic E-state index is 0.0210. The zero-order chi connectivity index (χ0) is 22.9. The maximum atomic E-state index is 13.0. The molecule has 0 unspecified atom stereocenters. The number of ether oxygens (including phenoxy) is 2. The van der Waals surface area contributed by atoms with Gasteiger partial charge in [-0.25, -0.2) is 9.97 Å². The molecular formula is C21H17F3N4O3S. The second kappa shape index (κ2) is 8.58. The Morgan fingerprint density at radius 3 is 2.41 bits per heavy atom. The van der Waals surface area contributed by atoms with Crippen molar-refractivity contribution >= 4 is 11.3 Å². The lowest BCUT2D eigenvalue weighted by molar-refractivity contribution is -0.140. The average molecular weight is 462 g/mol. The fourth-order valence-corrected chi connectivity index (χ4v) is 3.71. The molecule has 0 aliphatic carbocycles. The number of hydrogen-bond donors (Lipinski definition) is 0. The molecule has 0 saturated heterocycles. The molecule has 0 amide bonds. The van der Waals surface area contributed by atoms with Gasteiger partial charge in [0.05, 0.1) is 24.1 Å². The third-order valence-electron chi connectivity index (χ3n) is 4.52. The summed E-state index contributed by atoms with van der Waals surface area (Å²) in [4.78, 5) is 12.4. The Morgan fingerprint density at radius 2 is 1.81 bits per heavy atom. The summed E-state index contributed by atoms with van der Waals surface area (Å²) in [6.07, 6.45) is -4.55. The summed E-state index contributed by atoms with van der Waals surface area (Å²) in [6.45, 7) is 3.66. The standard InChI is InChI=1S/C21H17F3N4O3S/c1-11-18(12(2)31-28-11)15-8-17(30-9-13-4-6-14(29-3)7-5-13)27-19(25-15)20-26-16(10-32-20)21(22,23)24/h4-8,10H,9H2,1-3H3. The highest BCUT2D eigenvalue weighted by atomic mass is 32.1. The minimum Gasteiger partial charge on any atom is -0.497 e. The van der Waals surface area contributed by atoms with Crippen LogP contribution in [0.15, 0.2) is 40.2 Å². The highest BCUT2D eigenvalue weighted by Crippen LogP contribution is 2.35. The molecule has 32 heavy (non-hydrogen) atoms. The second-order valence-corrected chi connectivity index (χ2v) is 7.64. The monoisotopic (exact) mass is 462 g/mol. The third-order valence-corrected chi connectivity index (χ3v) is 5.36. The number of methoxy groups -OCH3 is 1. The van der Waals surface area contributed by atoms with Gasteiger partial charge in [0.15, 0.2) is 16.5 Å². The highest BCUT2D eigenvalue weighted by Gasteiger charge is 2.34. The van der Waals surface area contributed by atoms with E-state index in [0.29, 0.717) is 28.5 Å². The van der Waals surface area contributed by atoms with Gasteiger partial charge in [0, 0.05) is 11.4 Å². The first-order valence-corrected chi connectivity index (χ1v) is 10.2. The number of hydrogen-bond acceptors (Lipinski definition) is 8. The van der Waals surface area contributed by atoms with Gasteiger partial charge in [0.2, 0.25) is 5.88 Å². The Hall–Kier alpha value is -3.47. The van der Waals surface area contributed by atoms with Crippen LogP contribution in [0.5, 0.6) is 11.6 Å². The molecule has 0 saturated carbocycles. The van der Waals surface area contributed by atoms with Crippen molar-refractivity contribution in [3.63, 3.8) is 0 Å². The summed E-state index contributed by atoms with van der Waals surface area (Å²) in [7, 11) is 1.58. The van der Waals surface area contributed by atoms with Gasteiger partial charge in [-0.05, 0) is 31.5 Å². The lowest BCUT2D eigenvalue weighted by atomic mass is 10.1. The van der Waals surface area contributed by atoms with Crippen LogP contribution in [0.2, 0.25) is 0 Å². The maximum absolute atomic E-state index is 13.0. The number of thiazole rings is 1. The molecule has 0 bridgehead atoms. The number of aryl methyl sites for hydroxylation is 2. The van der Waals surface area contributed by atoms with Crippen LogP contribution >= 0.6 is 11.3 Å². The Balaban J connectivity index is 1.71. The number of nitrogens with zero attached hydrogens (tertiary/aromatic N) is 4. The summed E-state index contributed by atoms with van der Waals surface area (Å²) in [5.74, 6) is 1.43. The molecule has 0 aliphatic heterocycles.